The topological polar surface area (TPSA) is 169 Å². The third-order valence-electron chi connectivity index (χ3n) is 5.41. The van der Waals surface area contributed by atoms with Gasteiger partial charge in [0, 0.05) is 17.1 Å². The van der Waals surface area contributed by atoms with E-state index in [2.05, 4.69) is 21.3 Å². The highest BCUT2D eigenvalue weighted by molar-refractivity contribution is 7.17. The third-order valence-corrected chi connectivity index (χ3v) is 6.67. The Morgan fingerprint density at radius 3 is 2.42 bits per heavy atom. The Kier molecular flexibility index (Phi) is 7.80. The molecule has 1 aromatic heterocycles. The molecule has 11 nitrogen and oxygen atoms in total. The minimum absolute atomic E-state index is 0.0231. The molecule has 1 aliphatic heterocycles. The summed E-state index contributed by atoms with van der Waals surface area (Å²) < 4.78 is 5.75. The van der Waals surface area contributed by atoms with Gasteiger partial charge in [-0.2, -0.15) is 0 Å². The highest BCUT2D eigenvalue weighted by Gasteiger charge is 2.31. The van der Waals surface area contributed by atoms with E-state index in [1.807, 2.05) is 30.3 Å². The zero-order valence-electron chi connectivity index (χ0n) is 18.9. The number of anilines is 2. The predicted octanol–water partition coefficient (Wildman–Crippen LogP) is 2.43. The fourth-order valence-electron chi connectivity index (χ4n) is 3.79. The zero-order valence-corrected chi connectivity index (χ0v) is 19.7. The van der Waals surface area contributed by atoms with E-state index in [4.69, 9.17) is 9.84 Å². The number of carboxylic acid groups (broad SMARTS) is 2. The van der Waals surface area contributed by atoms with E-state index in [0.29, 0.717) is 40.6 Å². The maximum Gasteiger partial charge on any atom is 0.394 e. The summed E-state index contributed by atoms with van der Waals surface area (Å²) in [7, 11) is 0. The van der Waals surface area contributed by atoms with Gasteiger partial charge >= 0.3 is 17.8 Å². The Morgan fingerprint density at radius 2 is 1.75 bits per heavy atom. The predicted molar refractivity (Wildman–Crippen MR) is 133 cm³/mol. The van der Waals surface area contributed by atoms with Gasteiger partial charge in [-0.15, -0.1) is 11.3 Å². The number of aliphatic carboxylic acids is 1. The quantitative estimate of drug-likeness (QED) is 0.167. The monoisotopic (exact) mass is 512 g/mol. The summed E-state index contributed by atoms with van der Waals surface area (Å²) in [6, 6.07) is 16.0. The third kappa shape index (κ3) is 5.98. The normalized spacial score (nSPS) is 15.4. The summed E-state index contributed by atoms with van der Waals surface area (Å²) in [5.41, 5.74) is 1.08. The van der Waals surface area contributed by atoms with Crippen molar-refractivity contribution in [2.45, 2.75) is 18.8 Å². The van der Waals surface area contributed by atoms with Gasteiger partial charge < -0.3 is 36.0 Å². The van der Waals surface area contributed by atoms with Crippen LogP contribution in [0.25, 0.3) is 0 Å². The maximum absolute atomic E-state index is 11.8. The van der Waals surface area contributed by atoms with E-state index >= 15 is 0 Å². The average Bonchev–Trinajstić information content (AvgIpc) is 3.23. The van der Waals surface area contributed by atoms with Gasteiger partial charge in [0.1, 0.15) is 16.5 Å². The van der Waals surface area contributed by atoms with Crippen LogP contribution in [0.2, 0.25) is 0 Å². The van der Waals surface area contributed by atoms with Crippen LogP contribution in [0.3, 0.4) is 0 Å². The number of para-hydroxylation sites is 1. The molecule has 7 N–H and O–H groups in total. The lowest BCUT2D eigenvalue weighted by molar-refractivity contribution is -0.147. The van der Waals surface area contributed by atoms with Crippen LogP contribution in [-0.2, 0) is 16.0 Å². The molecule has 3 aromatic rings. The molecule has 0 spiro atoms. The van der Waals surface area contributed by atoms with Gasteiger partial charge in [0.25, 0.3) is 0 Å². The number of hydrogen-bond acceptors (Lipinski definition) is 9. The first-order chi connectivity index (χ1) is 17.3. The number of hydrogen-bond donors (Lipinski definition) is 7. The Bertz CT molecular complexity index is 1250. The number of aromatic carboxylic acids is 1. The summed E-state index contributed by atoms with van der Waals surface area (Å²) in [6.45, 7) is 0.720. The van der Waals surface area contributed by atoms with Crippen LogP contribution in [0.15, 0.2) is 54.6 Å². The summed E-state index contributed by atoms with van der Waals surface area (Å²) in [6.07, 6.45) is -0.700. The molecule has 0 bridgehead atoms. The molecule has 2 atom stereocenters. The Morgan fingerprint density at radius 1 is 1.06 bits per heavy atom. The van der Waals surface area contributed by atoms with Crippen molar-refractivity contribution in [2.24, 2.45) is 0 Å². The SMILES string of the molecule is O=C(O)C(=O)Nc1sc2c(c1C(=O)O)CCN[C@H]2CNC(O)Nc1ccc(Oc2ccccc2)cc1. The fourth-order valence-corrected chi connectivity index (χ4v) is 5.11. The van der Waals surface area contributed by atoms with E-state index in [1.54, 1.807) is 24.3 Å². The van der Waals surface area contributed by atoms with Gasteiger partial charge in [-0.3, -0.25) is 10.1 Å². The number of fused-ring (bicyclic) bond motifs is 1. The van der Waals surface area contributed by atoms with Gasteiger partial charge in [0.2, 0.25) is 0 Å². The van der Waals surface area contributed by atoms with Crippen molar-refractivity contribution in [2.75, 3.05) is 23.7 Å². The molecule has 188 valence electrons. The molecule has 1 aliphatic rings. The lowest BCUT2D eigenvalue weighted by Gasteiger charge is -2.26. The lowest BCUT2D eigenvalue weighted by Crippen LogP contribution is -2.43. The highest BCUT2D eigenvalue weighted by Crippen LogP contribution is 2.39. The maximum atomic E-state index is 11.8. The van der Waals surface area contributed by atoms with Gasteiger partial charge in [0.05, 0.1) is 11.6 Å². The molecule has 0 saturated heterocycles. The second kappa shape index (κ2) is 11.2. The number of ether oxygens (including phenoxy) is 1. The number of aliphatic hydroxyl groups excluding tert-OH is 1. The van der Waals surface area contributed by atoms with Crippen LogP contribution < -0.4 is 26.0 Å². The number of rotatable bonds is 9. The molecule has 0 aliphatic carbocycles. The number of thiophene rings is 1. The largest absolute Gasteiger partial charge is 0.478 e. The highest BCUT2D eigenvalue weighted by atomic mass is 32.1. The Labute approximate surface area is 209 Å². The number of aliphatic hydroxyl groups is 1. The first kappa shape index (κ1) is 25.1. The smallest absolute Gasteiger partial charge is 0.394 e. The summed E-state index contributed by atoms with van der Waals surface area (Å²) in [4.78, 5) is 35.0. The van der Waals surface area contributed by atoms with E-state index in [1.165, 1.54) is 0 Å². The van der Waals surface area contributed by atoms with E-state index in [-0.39, 0.29) is 23.2 Å². The second-order valence-electron chi connectivity index (χ2n) is 7.86. The van der Waals surface area contributed by atoms with Crippen molar-refractivity contribution in [3.63, 3.8) is 0 Å². The zero-order chi connectivity index (χ0) is 25.7. The number of carboxylic acids is 2. The van der Waals surface area contributed by atoms with Gasteiger partial charge in [0.15, 0.2) is 6.35 Å². The van der Waals surface area contributed by atoms with Crippen molar-refractivity contribution in [1.29, 1.82) is 0 Å². The molecule has 2 aromatic carbocycles. The standard InChI is InChI=1S/C24H24N4O7S/c29-20(23(32)33)28-21-18(22(30)31)16-10-11-25-17(19(16)36-21)12-26-24(34)27-13-6-8-15(9-7-13)35-14-4-2-1-3-5-14/h1-9,17,24-27,34H,10-12H2,(H,28,29)(H,30,31)(H,32,33)/t17-,24?/m0/s1. The molecule has 0 fully saturated rings. The molecule has 0 saturated carbocycles. The molecule has 0 radical (unpaired) electrons. The molecular formula is C24H24N4O7S. The Balaban J connectivity index is 1.38. The minimum atomic E-state index is -1.71. The van der Waals surface area contributed by atoms with Crippen molar-refractivity contribution >= 4 is 39.9 Å². The van der Waals surface area contributed by atoms with E-state index < -0.39 is 24.2 Å². The van der Waals surface area contributed by atoms with Crippen LogP contribution in [0.1, 0.15) is 26.8 Å². The van der Waals surface area contributed by atoms with Crippen molar-refractivity contribution in [3.05, 3.63) is 70.6 Å². The van der Waals surface area contributed by atoms with Crippen LogP contribution in [0, 0.1) is 0 Å². The Hall–Kier alpha value is -3.97. The second-order valence-corrected chi connectivity index (χ2v) is 8.92. The summed E-state index contributed by atoms with van der Waals surface area (Å²) >= 11 is 1.01. The first-order valence-electron chi connectivity index (χ1n) is 11.0. The van der Waals surface area contributed by atoms with Crippen LogP contribution in [0.5, 0.6) is 11.5 Å². The molecule has 36 heavy (non-hydrogen) atoms. The summed E-state index contributed by atoms with van der Waals surface area (Å²) in [5.74, 6) is -2.90. The number of carbonyl (C=O) groups excluding carboxylic acids is 1. The lowest BCUT2D eigenvalue weighted by atomic mass is 9.99. The molecule has 1 amide bonds. The first-order valence-corrected chi connectivity index (χ1v) is 11.8. The number of benzene rings is 2. The number of nitrogens with one attached hydrogen (secondary N) is 4. The molecule has 2 heterocycles. The van der Waals surface area contributed by atoms with Crippen molar-refractivity contribution in [3.8, 4) is 11.5 Å². The fraction of sp³-hybridized carbons (Fsp3) is 0.208. The van der Waals surface area contributed by atoms with Crippen LogP contribution in [-0.4, -0.2) is 52.6 Å². The van der Waals surface area contributed by atoms with Gasteiger partial charge in [-0.1, -0.05) is 18.2 Å². The molecule has 4 rings (SSSR count). The van der Waals surface area contributed by atoms with Crippen LogP contribution >= 0.6 is 11.3 Å². The molecule has 1 unspecified atom stereocenters. The average molecular weight is 513 g/mol. The minimum Gasteiger partial charge on any atom is -0.478 e. The molecule has 12 heteroatoms. The van der Waals surface area contributed by atoms with Crippen LogP contribution in [0.4, 0.5) is 10.7 Å². The molecular weight excluding hydrogens is 488 g/mol. The van der Waals surface area contributed by atoms with Crippen molar-refractivity contribution in [1.82, 2.24) is 10.6 Å². The van der Waals surface area contributed by atoms with Crippen molar-refractivity contribution < 1.29 is 34.4 Å². The number of carbonyl (C=O) groups is 3. The van der Waals surface area contributed by atoms with E-state index in [0.717, 1.165) is 11.3 Å². The van der Waals surface area contributed by atoms with E-state index in [9.17, 15) is 24.6 Å². The number of amides is 1. The van der Waals surface area contributed by atoms with Gasteiger partial charge in [-0.05, 0) is 54.9 Å². The summed E-state index contributed by atoms with van der Waals surface area (Å²) in [5, 5.41) is 40.2. The van der Waals surface area contributed by atoms with Gasteiger partial charge in [-0.25, -0.2) is 9.59 Å².